The SMILES string of the molecule is N#C/C(=C(\Cl)c1ccc(F)c(Cl)c1)c1ccncc1. The molecule has 0 spiro atoms. The molecule has 0 unspecified atom stereocenters. The second-order valence-electron chi connectivity index (χ2n) is 3.67. The average molecular weight is 293 g/mol. The third kappa shape index (κ3) is 2.93. The second kappa shape index (κ2) is 5.83. The molecule has 0 atom stereocenters. The van der Waals surface area contributed by atoms with Crippen LogP contribution in [0.5, 0.6) is 0 Å². The van der Waals surface area contributed by atoms with E-state index in [1.807, 2.05) is 6.07 Å². The van der Waals surface area contributed by atoms with E-state index in [2.05, 4.69) is 4.98 Å². The monoisotopic (exact) mass is 292 g/mol. The van der Waals surface area contributed by atoms with Crippen LogP contribution in [0.3, 0.4) is 0 Å². The Bertz CT molecular complexity index is 676. The summed E-state index contributed by atoms with van der Waals surface area (Å²) in [5, 5.41) is 9.39. The van der Waals surface area contributed by atoms with Crippen molar-refractivity contribution in [1.82, 2.24) is 4.98 Å². The number of nitrogens with zero attached hydrogens (tertiary/aromatic N) is 2. The average Bonchev–Trinajstić information content (AvgIpc) is 2.44. The molecule has 2 rings (SSSR count). The largest absolute Gasteiger partial charge is 0.265 e. The van der Waals surface area contributed by atoms with E-state index >= 15 is 0 Å². The summed E-state index contributed by atoms with van der Waals surface area (Å²) in [6, 6.07) is 9.45. The van der Waals surface area contributed by atoms with Crippen LogP contribution in [0.4, 0.5) is 4.39 Å². The van der Waals surface area contributed by atoms with E-state index < -0.39 is 5.82 Å². The number of benzene rings is 1. The Hall–Kier alpha value is -1.89. The molecule has 0 radical (unpaired) electrons. The number of hydrogen-bond acceptors (Lipinski definition) is 2. The molecule has 1 aromatic heterocycles. The number of nitriles is 1. The van der Waals surface area contributed by atoms with Gasteiger partial charge in [-0.25, -0.2) is 4.39 Å². The van der Waals surface area contributed by atoms with E-state index in [0.717, 1.165) is 0 Å². The van der Waals surface area contributed by atoms with Crippen molar-refractivity contribution < 1.29 is 4.39 Å². The van der Waals surface area contributed by atoms with Crippen LogP contribution in [-0.2, 0) is 0 Å². The molecule has 0 saturated heterocycles. The highest BCUT2D eigenvalue weighted by molar-refractivity contribution is 6.53. The van der Waals surface area contributed by atoms with Gasteiger partial charge in [0.05, 0.1) is 15.6 Å². The van der Waals surface area contributed by atoms with Gasteiger partial charge >= 0.3 is 0 Å². The van der Waals surface area contributed by atoms with Crippen LogP contribution in [0.15, 0.2) is 42.7 Å². The summed E-state index contributed by atoms with van der Waals surface area (Å²) in [5.74, 6) is -0.530. The minimum Gasteiger partial charge on any atom is -0.265 e. The van der Waals surface area contributed by atoms with E-state index in [9.17, 15) is 9.65 Å². The standard InChI is InChI=1S/C14H7Cl2FN2/c15-12-7-10(1-2-13(12)17)14(16)11(8-18)9-3-5-19-6-4-9/h1-7H/b14-11+. The van der Waals surface area contributed by atoms with Crippen molar-refractivity contribution in [2.75, 3.05) is 0 Å². The first-order valence-electron chi connectivity index (χ1n) is 5.29. The summed E-state index contributed by atoms with van der Waals surface area (Å²) in [4.78, 5) is 3.87. The van der Waals surface area contributed by atoms with E-state index in [1.165, 1.54) is 18.2 Å². The Morgan fingerprint density at radius 1 is 1.16 bits per heavy atom. The van der Waals surface area contributed by atoms with Gasteiger partial charge in [0.1, 0.15) is 11.9 Å². The number of pyridine rings is 1. The Morgan fingerprint density at radius 2 is 1.84 bits per heavy atom. The zero-order chi connectivity index (χ0) is 13.8. The van der Waals surface area contributed by atoms with E-state index in [1.54, 1.807) is 24.5 Å². The van der Waals surface area contributed by atoms with Crippen molar-refractivity contribution >= 4 is 33.8 Å². The molecule has 1 aromatic carbocycles. The summed E-state index contributed by atoms with van der Waals surface area (Å²) in [6.07, 6.45) is 3.13. The number of hydrogen-bond donors (Lipinski definition) is 0. The molecule has 5 heteroatoms. The van der Waals surface area contributed by atoms with Gasteiger partial charge in [-0.15, -0.1) is 0 Å². The van der Waals surface area contributed by atoms with Crippen LogP contribution < -0.4 is 0 Å². The molecule has 1 heterocycles. The first kappa shape index (κ1) is 13.5. The van der Waals surface area contributed by atoms with Crippen molar-refractivity contribution in [3.63, 3.8) is 0 Å². The Labute approximate surface area is 119 Å². The smallest absolute Gasteiger partial charge is 0.141 e. The predicted molar refractivity (Wildman–Crippen MR) is 73.9 cm³/mol. The zero-order valence-electron chi connectivity index (χ0n) is 9.57. The molecule has 0 fully saturated rings. The fourth-order valence-electron chi connectivity index (χ4n) is 1.54. The van der Waals surface area contributed by atoms with Crippen LogP contribution in [-0.4, -0.2) is 4.98 Å². The van der Waals surface area contributed by atoms with Crippen molar-refractivity contribution in [2.24, 2.45) is 0 Å². The second-order valence-corrected chi connectivity index (χ2v) is 4.45. The molecular weight excluding hydrogens is 286 g/mol. The third-order valence-electron chi connectivity index (χ3n) is 2.47. The summed E-state index contributed by atoms with van der Waals surface area (Å²) in [7, 11) is 0. The van der Waals surface area contributed by atoms with Crippen LogP contribution >= 0.6 is 23.2 Å². The van der Waals surface area contributed by atoms with Crippen molar-refractivity contribution in [3.8, 4) is 6.07 Å². The fraction of sp³-hybridized carbons (Fsp3) is 0. The highest BCUT2D eigenvalue weighted by Crippen LogP contribution is 2.31. The molecule has 0 N–H and O–H groups in total. The molecule has 0 aliphatic rings. The number of allylic oxidation sites excluding steroid dienone is 1. The highest BCUT2D eigenvalue weighted by Gasteiger charge is 2.11. The van der Waals surface area contributed by atoms with Gasteiger partial charge < -0.3 is 0 Å². The van der Waals surface area contributed by atoms with Crippen LogP contribution in [0.2, 0.25) is 5.02 Å². The predicted octanol–water partition coefficient (Wildman–Crippen LogP) is 4.50. The van der Waals surface area contributed by atoms with Crippen molar-refractivity contribution in [2.45, 2.75) is 0 Å². The lowest BCUT2D eigenvalue weighted by Gasteiger charge is -2.05. The molecule has 19 heavy (non-hydrogen) atoms. The molecule has 0 aliphatic carbocycles. The van der Waals surface area contributed by atoms with E-state index in [-0.39, 0.29) is 15.6 Å². The minimum absolute atomic E-state index is 0.0392. The summed E-state index contributed by atoms with van der Waals surface area (Å²) in [6.45, 7) is 0. The third-order valence-corrected chi connectivity index (χ3v) is 3.17. The Morgan fingerprint density at radius 3 is 2.42 bits per heavy atom. The molecular formula is C14H7Cl2FN2. The highest BCUT2D eigenvalue weighted by atomic mass is 35.5. The van der Waals surface area contributed by atoms with Crippen molar-refractivity contribution in [3.05, 3.63) is 64.7 Å². The van der Waals surface area contributed by atoms with E-state index in [4.69, 9.17) is 23.2 Å². The lowest BCUT2D eigenvalue weighted by atomic mass is 10.0. The number of rotatable bonds is 2. The maximum Gasteiger partial charge on any atom is 0.141 e. The summed E-state index contributed by atoms with van der Waals surface area (Å²) < 4.78 is 13.1. The molecule has 0 saturated carbocycles. The summed E-state index contributed by atoms with van der Waals surface area (Å²) >= 11 is 11.9. The molecule has 2 aromatic rings. The topological polar surface area (TPSA) is 36.7 Å². The maximum absolute atomic E-state index is 13.1. The quantitative estimate of drug-likeness (QED) is 0.764. The molecule has 0 amide bonds. The molecule has 0 bridgehead atoms. The van der Waals surface area contributed by atoms with Gasteiger partial charge in [-0.3, -0.25) is 4.98 Å². The molecule has 0 aliphatic heterocycles. The van der Waals surface area contributed by atoms with Gasteiger partial charge in [0.2, 0.25) is 0 Å². The Kier molecular flexibility index (Phi) is 4.16. The molecule has 2 nitrogen and oxygen atoms in total. The lowest BCUT2D eigenvalue weighted by molar-refractivity contribution is 0.628. The summed E-state index contributed by atoms with van der Waals surface area (Å²) in [5.41, 5.74) is 1.41. The first-order valence-corrected chi connectivity index (χ1v) is 6.04. The van der Waals surface area contributed by atoms with Gasteiger partial charge in [0.25, 0.3) is 0 Å². The minimum atomic E-state index is -0.530. The zero-order valence-corrected chi connectivity index (χ0v) is 11.1. The van der Waals surface area contributed by atoms with Gasteiger partial charge in [-0.2, -0.15) is 5.26 Å². The fourth-order valence-corrected chi connectivity index (χ4v) is 1.99. The van der Waals surface area contributed by atoms with Gasteiger partial charge in [0, 0.05) is 12.4 Å². The Balaban J connectivity index is 2.56. The normalized spacial score (nSPS) is 11.7. The first-order chi connectivity index (χ1) is 9.13. The number of halogens is 3. The van der Waals surface area contributed by atoms with Gasteiger partial charge in [-0.1, -0.05) is 29.3 Å². The lowest BCUT2D eigenvalue weighted by Crippen LogP contribution is -1.88. The van der Waals surface area contributed by atoms with E-state index in [0.29, 0.717) is 11.1 Å². The van der Waals surface area contributed by atoms with Crippen LogP contribution in [0.1, 0.15) is 11.1 Å². The molecule has 94 valence electrons. The van der Waals surface area contributed by atoms with Crippen LogP contribution in [0, 0.1) is 17.1 Å². The van der Waals surface area contributed by atoms with Crippen LogP contribution in [0.25, 0.3) is 10.6 Å². The van der Waals surface area contributed by atoms with Gasteiger partial charge in [-0.05, 0) is 35.4 Å². The van der Waals surface area contributed by atoms with Gasteiger partial charge in [0.15, 0.2) is 0 Å². The van der Waals surface area contributed by atoms with Crippen molar-refractivity contribution in [1.29, 1.82) is 5.26 Å². The maximum atomic E-state index is 13.1. The number of aromatic nitrogens is 1.